The molecule has 4 aromatic rings. The van der Waals surface area contributed by atoms with Crippen molar-refractivity contribution in [3.8, 4) is 17.3 Å². The summed E-state index contributed by atoms with van der Waals surface area (Å²) in [5.41, 5.74) is 7.46. The second kappa shape index (κ2) is 6.89. The van der Waals surface area contributed by atoms with Crippen molar-refractivity contribution in [2.24, 2.45) is 5.41 Å². The molecule has 0 bridgehead atoms. The Labute approximate surface area is 184 Å². The predicted molar refractivity (Wildman–Crippen MR) is 121 cm³/mol. The van der Waals surface area contributed by atoms with Crippen molar-refractivity contribution in [2.75, 3.05) is 18.0 Å². The molecule has 1 saturated heterocycles. The molecule has 31 heavy (non-hydrogen) atoms. The van der Waals surface area contributed by atoms with E-state index in [0.717, 1.165) is 67.1 Å². The lowest BCUT2D eigenvalue weighted by molar-refractivity contribution is 0.231. The van der Waals surface area contributed by atoms with Gasteiger partial charge in [0.05, 0.1) is 23.1 Å². The van der Waals surface area contributed by atoms with Crippen molar-refractivity contribution in [2.45, 2.75) is 32.6 Å². The van der Waals surface area contributed by atoms with Crippen molar-refractivity contribution in [3.05, 3.63) is 63.9 Å². The van der Waals surface area contributed by atoms with Gasteiger partial charge in [0, 0.05) is 41.3 Å². The molecule has 0 atom stereocenters. The predicted octanol–water partition coefficient (Wildman–Crippen LogP) is 4.42. The van der Waals surface area contributed by atoms with Gasteiger partial charge in [-0.15, -0.1) is 0 Å². The van der Waals surface area contributed by atoms with Crippen molar-refractivity contribution >= 4 is 22.7 Å². The van der Waals surface area contributed by atoms with E-state index in [1.165, 1.54) is 22.6 Å². The third-order valence-corrected chi connectivity index (χ3v) is 7.70. The Balaban J connectivity index is 1.33. The number of hydrogen-bond donors (Lipinski definition) is 0. The largest absolute Gasteiger partial charge is 0.355 e. The van der Waals surface area contributed by atoms with E-state index in [0.29, 0.717) is 11.0 Å². The fourth-order valence-corrected chi connectivity index (χ4v) is 6.10. The molecular weight excluding hydrogens is 404 g/mol. The summed E-state index contributed by atoms with van der Waals surface area (Å²) in [4.78, 5) is 12.1. The molecule has 0 amide bonds. The van der Waals surface area contributed by atoms with Crippen LogP contribution in [0.1, 0.15) is 35.4 Å². The highest BCUT2D eigenvalue weighted by atomic mass is 32.1. The van der Waals surface area contributed by atoms with E-state index >= 15 is 0 Å². The maximum Gasteiger partial charge on any atom is 0.155 e. The van der Waals surface area contributed by atoms with Crippen LogP contribution in [-0.4, -0.2) is 32.7 Å². The lowest BCUT2D eigenvalue weighted by Crippen LogP contribution is -2.41. The van der Waals surface area contributed by atoms with Crippen LogP contribution >= 0.6 is 11.3 Å². The average Bonchev–Trinajstić information content (AvgIpc) is 3.52. The Hall–Kier alpha value is -3.24. The van der Waals surface area contributed by atoms with Crippen LogP contribution in [0.2, 0.25) is 0 Å². The quantitative estimate of drug-likeness (QED) is 0.475. The van der Waals surface area contributed by atoms with Crippen LogP contribution in [0, 0.1) is 23.7 Å². The van der Waals surface area contributed by atoms with Gasteiger partial charge in [-0.3, -0.25) is 4.98 Å². The van der Waals surface area contributed by atoms with Gasteiger partial charge in [-0.1, -0.05) is 6.07 Å². The van der Waals surface area contributed by atoms with Gasteiger partial charge >= 0.3 is 0 Å². The Morgan fingerprint density at radius 2 is 2.00 bits per heavy atom. The Bertz CT molecular complexity index is 1310. The van der Waals surface area contributed by atoms with Crippen molar-refractivity contribution in [1.82, 2.24) is 19.6 Å². The van der Waals surface area contributed by atoms with Gasteiger partial charge < -0.3 is 4.90 Å². The molecule has 0 N–H and O–H groups in total. The van der Waals surface area contributed by atoms with Crippen LogP contribution < -0.4 is 4.90 Å². The number of hydrogen-bond acceptors (Lipinski definition) is 6. The van der Waals surface area contributed by atoms with Crippen LogP contribution in [0.15, 0.2) is 41.4 Å². The second-order valence-electron chi connectivity index (χ2n) is 8.76. The van der Waals surface area contributed by atoms with Gasteiger partial charge in [-0.25, -0.2) is 9.50 Å². The zero-order valence-corrected chi connectivity index (χ0v) is 18.2. The molecule has 2 aliphatic rings. The van der Waals surface area contributed by atoms with E-state index < -0.39 is 0 Å². The molecule has 154 valence electrons. The van der Waals surface area contributed by atoms with Crippen LogP contribution in [0.4, 0.5) is 5.82 Å². The highest BCUT2D eigenvalue weighted by Crippen LogP contribution is 2.45. The molecule has 1 spiro atoms. The van der Waals surface area contributed by atoms with E-state index in [9.17, 15) is 5.26 Å². The van der Waals surface area contributed by atoms with E-state index in [4.69, 9.17) is 4.98 Å². The summed E-state index contributed by atoms with van der Waals surface area (Å²) in [7, 11) is 0. The summed E-state index contributed by atoms with van der Waals surface area (Å²) in [6.07, 6.45) is 8.28. The standard InChI is InChI=1S/C24H22N6S/c1-16-22(19-15-31-14-18(19)13-25)30-21(4-8-27-30)23(28-16)29-9-5-24(6-10-29)11-17-3-2-7-26-20(17)12-24/h2-4,7-8,14-15H,5-6,9-12H2,1H3. The van der Waals surface area contributed by atoms with Gasteiger partial charge in [-0.05, 0) is 55.7 Å². The molecule has 4 aromatic heterocycles. The normalized spacial score (nSPS) is 17.2. The zero-order valence-electron chi connectivity index (χ0n) is 17.4. The Kier molecular flexibility index (Phi) is 4.12. The van der Waals surface area contributed by atoms with E-state index in [2.05, 4.69) is 33.2 Å². The lowest BCUT2D eigenvalue weighted by atomic mass is 9.76. The minimum atomic E-state index is 0.344. The molecule has 0 unspecified atom stereocenters. The van der Waals surface area contributed by atoms with Crippen LogP contribution in [0.3, 0.4) is 0 Å². The third-order valence-electron chi connectivity index (χ3n) is 6.95. The minimum Gasteiger partial charge on any atom is -0.355 e. The van der Waals surface area contributed by atoms with Gasteiger partial charge in [0.1, 0.15) is 11.6 Å². The van der Waals surface area contributed by atoms with Gasteiger partial charge in [0.25, 0.3) is 0 Å². The number of thiophene rings is 1. The number of aromatic nitrogens is 4. The molecule has 1 aliphatic carbocycles. The van der Waals surface area contributed by atoms with Crippen LogP contribution in [-0.2, 0) is 12.8 Å². The topological polar surface area (TPSA) is 70.1 Å². The number of nitrogens with zero attached hydrogens (tertiary/aromatic N) is 6. The van der Waals surface area contributed by atoms with E-state index in [1.54, 1.807) is 0 Å². The Morgan fingerprint density at radius 3 is 2.81 bits per heavy atom. The molecule has 0 radical (unpaired) electrons. The van der Waals surface area contributed by atoms with Crippen molar-refractivity contribution in [3.63, 3.8) is 0 Å². The fourth-order valence-electron chi connectivity index (χ4n) is 5.34. The number of rotatable bonds is 2. The van der Waals surface area contributed by atoms with Gasteiger partial charge in [0.15, 0.2) is 5.82 Å². The van der Waals surface area contributed by atoms with Crippen molar-refractivity contribution < 1.29 is 0 Å². The van der Waals surface area contributed by atoms with Crippen molar-refractivity contribution in [1.29, 1.82) is 5.26 Å². The molecule has 1 aliphatic heterocycles. The fraction of sp³-hybridized carbons (Fsp3) is 0.333. The first-order chi connectivity index (χ1) is 15.2. The molecule has 0 aromatic carbocycles. The SMILES string of the molecule is Cc1nc(N2CCC3(CC2)Cc2cccnc2C3)c2ccnn2c1-c1cscc1C#N. The molecule has 6 rings (SSSR count). The summed E-state index contributed by atoms with van der Waals surface area (Å²) < 4.78 is 1.96. The number of fused-ring (bicyclic) bond motifs is 2. The smallest absolute Gasteiger partial charge is 0.155 e. The first-order valence-corrected chi connectivity index (χ1v) is 11.6. The molecular formula is C24H22N6S. The lowest BCUT2D eigenvalue weighted by Gasteiger charge is -2.40. The summed E-state index contributed by atoms with van der Waals surface area (Å²) in [6, 6.07) is 8.63. The maximum absolute atomic E-state index is 9.50. The number of pyridine rings is 1. The molecule has 1 fully saturated rings. The molecule has 7 heteroatoms. The monoisotopic (exact) mass is 426 g/mol. The average molecular weight is 427 g/mol. The number of anilines is 1. The van der Waals surface area contributed by atoms with Gasteiger partial charge in [0.2, 0.25) is 0 Å². The minimum absolute atomic E-state index is 0.344. The Morgan fingerprint density at radius 1 is 1.13 bits per heavy atom. The maximum atomic E-state index is 9.50. The van der Waals surface area contributed by atoms with Gasteiger partial charge in [-0.2, -0.15) is 21.7 Å². The number of aryl methyl sites for hydroxylation is 1. The first-order valence-electron chi connectivity index (χ1n) is 10.7. The first kappa shape index (κ1) is 18.5. The summed E-state index contributed by atoms with van der Waals surface area (Å²) >= 11 is 1.54. The summed E-state index contributed by atoms with van der Waals surface area (Å²) in [5, 5.41) is 18.0. The molecule has 5 heterocycles. The third kappa shape index (κ3) is 2.86. The van der Waals surface area contributed by atoms with E-state index in [1.807, 2.05) is 40.7 Å². The number of nitriles is 1. The zero-order chi connectivity index (χ0) is 21.0. The highest BCUT2D eigenvalue weighted by Gasteiger charge is 2.41. The number of piperidine rings is 1. The molecule has 0 saturated carbocycles. The van der Waals surface area contributed by atoms with Crippen LogP contribution in [0.5, 0.6) is 0 Å². The summed E-state index contributed by atoms with van der Waals surface area (Å²) in [6.45, 7) is 3.99. The summed E-state index contributed by atoms with van der Waals surface area (Å²) in [5.74, 6) is 0.996. The second-order valence-corrected chi connectivity index (χ2v) is 9.50. The molecule has 6 nitrogen and oxygen atoms in total. The highest BCUT2D eigenvalue weighted by molar-refractivity contribution is 7.08. The van der Waals surface area contributed by atoms with E-state index in [-0.39, 0.29) is 0 Å². The van der Waals surface area contributed by atoms with Crippen LogP contribution in [0.25, 0.3) is 16.8 Å².